The number of aromatic nitrogens is 1. The van der Waals surface area contributed by atoms with Gasteiger partial charge in [-0.15, -0.1) is 0 Å². The van der Waals surface area contributed by atoms with Crippen LogP contribution in [0.5, 0.6) is 17.2 Å². The van der Waals surface area contributed by atoms with E-state index in [1.165, 1.54) is 21.3 Å². The zero-order chi connectivity index (χ0) is 20.5. The molecule has 0 amide bonds. The highest BCUT2D eigenvalue weighted by molar-refractivity contribution is 6.36. The van der Waals surface area contributed by atoms with Crippen molar-refractivity contribution >= 4 is 23.2 Å². The van der Waals surface area contributed by atoms with E-state index in [9.17, 15) is 18.3 Å². The molecule has 1 aromatic carbocycles. The lowest BCUT2D eigenvalue weighted by Crippen LogP contribution is -2.13. The maximum atomic E-state index is 13.2. The first-order chi connectivity index (χ1) is 12.6. The standard InChI is InChI=1S/C17H16Cl2F3NO4/c1-7-5-9(25-2)14(26-3)15(27-4)10(7)13(24)11-12(18)8(17(20,21)22)6-23-16(11)19/h5-6,13,24H,1-4H3. The molecule has 0 fully saturated rings. The number of aryl methyl sites for hydroxylation is 1. The third kappa shape index (κ3) is 3.88. The van der Waals surface area contributed by atoms with E-state index in [0.29, 0.717) is 17.5 Å². The highest BCUT2D eigenvalue weighted by Gasteiger charge is 2.37. The molecule has 0 radical (unpaired) electrons. The van der Waals surface area contributed by atoms with Crippen LogP contribution in [0.4, 0.5) is 13.2 Å². The molecule has 1 heterocycles. The molecule has 0 aliphatic carbocycles. The number of pyridine rings is 1. The van der Waals surface area contributed by atoms with Crippen LogP contribution in [-0.4, -0.2) is 31.4 Å². The Bertz CT molecular complexity index is 859. The fourth-order valence-corrected chi connectivity index (χ4v) is 3.34. The van der Waals surface area contributed by atoms with Gasteiger partial charge in [0.1, 0.15) is 11.3 Å². The Balaban J connectivity index is 2.78. The molecule has 1 N–H and O–H groups in total. The number of nitrogens with zero attached hydrogens (tertiary/aromatic N) is 1. The van der Waals surface area contributed by atoms with Crippen molar-refractivity contribution in [1.29, 1.82) is 0 Å². The van der Waals surface area contributed by atoms with Crippen molar-refractivity contribution in [2.24, 2.45) is 0 Å². The number of ether oxygens (including phenoxy) is 3. The first kappa shape index (κ1) is 21.4. The first-order valence-electron chi connectivity index (χ1n) is 7.47. The summed E-state index contributed by atoms with van der Waals surface area (Å²) >= 11 is 11.9. The average Bonchev–Trinajstić information content (AvgIpc) is 2.59. The summed E-state index contributed by atoms with van der Waals surface area (Å²) in [5, 5.41) is 9.76. The van der Waals surface area contributed by atoms with Crippen molar-refractivity contribution in [3.05, 3.63) is 44.7 Å². The fraction of sp³-hybridized carbons (Fsp3) is 0.353. The highest BCUT2D eigenvalue weighted by atomic mass is 35.5. The van der Waals surface area contributed by atoms with E-state index in [0.717, 1.165) is 0 Å². The van der Waals surface area contributed by atoms with Crippen molar-refractivity contribution in [2.45, 2.75) is 19.2 Å². The summed E-state index contributed by atoms with van der Waals surface area (Å²) in [5.41, 5.74) is -1.01. The van der Waals surface area contributed by atoms with Gasteiger partial charge in [-0.25, -0.2) is 4.98 Å². The van der Waals surface area contributed by atoms with Crippen LogP contribution in [0.1, 0.15) is 28.4 Å². The molecule has 2 rings (SSSR count). The lowest BCUT2D eigenvalue weighted by molar-refractivity contribution is -0.137. The number of alkyl halides is 3. The van der Waals surface area contributed by atoms with E-state index < -0.39 is 22.9 Å². The van der Waals surface area contributed by atoms with Crippen molar-refractivity contribution in [3.8, 4) is 17.2 Å². The van der Waals surface area contributed by atoms with Gasteiger partial charge >= 0.3 is 6.18 Å². The molecule has 27 heavy (non-hydrogen) atoms. The van der Waals surface area contributed by atoms with Crippen LogP contribution < -0.4 is 14.2 Å². The Hall–Kier alpha value is -1.90. The Morgan fingerprint density at radius 1 is 1.04 bits per heavy atom. The predicted octanol–water partition coefficient (Wildman–Crippen LogP) is 4.82. The molecule has 0 aliphatic rings. The highest BCUT2D eigenvalue weighted by Crippen LogP contribution is 2.48. The van der Waals surface area contributed by atoms with Crippen LogP contribution in [0, 0.1) is 6.92 Å². The summed E-state index contributed by atoms with van der Waals surface area (Å²) in [5.74, 6) is 0.556. The molecule has 0 saturated carbocycles. The Labute approximate surface area is 163 Å². The second-order valence-electron chi connectivity index (χ2n) is 5.47. The third-order valence-corrected chi connectivity index (χ3v) is 4.64. The molecule has 2 aromatic rings. The number of aliphatic hydroxyl groups is 1. The monoisotopic (exact) mass is 425 g/mol. The summed E-state index contributed by atoms with van der Waals surface area (Å²) in [6.07, 6.45) is -5.91. The minimum Gasteiger partial charge on any atom is -0.493 e. The van der Waals surface area contributed by atoms with E-state index >= 15 is 0 Å². The van der Waals surface area contributed by atoms with Gasteiger partial charge in [0.05, 0.1) is 31.9 Å². The summed E-state index contributed by atoms with van der Waals surface area (Å²) in [4.78, 5) is 3.52. The number of rotatable bonds is 5. The molecular formula is C17H16Cl2F3NO4. The van der Waals surface area contributed by atoms with Crippen LogP contribution >= 0.6 is 23.2 Å². The van der Waals surface area contributed by atoms with E-state index in [1.807, 2.05) is 0 Å². The molecule has 148 valence electrons. The van der Waals surface area contributed by atoms with Crippen LogP contribution in [0.3, 0.4) is 0 Å². The van der Waals surface area contributed by atoms with Crippen LogP contribution in [0.25, 0.3) is 0 Å². The zero-order valence-corrected chi connectivity index (χ0v) is 16.3. The van der Waals surface area contributed by atoms with E-state index in [-0.39, 0.29) is 27.8 Å². The zero-order valence-electron chi connectivity index (χ0n) is 14.7. The largest absolute Gasteiger partial charge is 0.493 e. The Morgan fingerprint density at radius 3 is 2.11 bits per heavy atom. The Kier molecular flexibility index (Phi) is 6.34. The van der Waals surface area contributed by atoms with Gasteiger partial charge in [0.15, 0.2) is 11.5 Å². The average molecular weight is 426 g/mol. The molecule has 5 nitrogen and oxygen atoms in total. The SMILES string of the molecule is COc1cc(C)c(C(O)c2c(Cl)ncc(C(F)(F)F)c2Cl)c(OC)c1OC. The van der Waals surface area contributed by atoms with Crippen LogP contribution in [-0.2, 0) is 6.18 Å². The number of methoxy groups -OCH3 is 3. The van der Waals surface area contributed by atoms with Gasteiger partial charge in [0, 0.05) is 17.3 Å². The molecule has 1 atom stereocenters. The number of benzene rings is 1. The van der Waals surface area contributed by atoms with Crippen molar-refractivity contribution in [1.82, 2.24) is 4.98 Å². The maximum absolute atomic E-state index is 13.2. The quantitative estimate of drug-likeness (QED) is 0.695. The molecule has 0 saturated heterocycles. The lowest BCUT2D eigenvalue weighted by Gasteiger charge is -2.23. The van der Waals surface area contributed by atoms with Crippen LogP contribution in [0.15, 0.2) is 12.3 Å². The number of halogens is 5. The molecule has 0 bridgehead atoms. The number of aliphatic hydroxyl groups excluding tert-OH is 1. The summed E-state index contributed by atoms with van der Waals surface area (Å²) in [7, 11) is 4.09. The van der Waals surface area contributed by atoms with Crippen molar-refractivity contribution in [3.63, 3.8) is 0 Å². The maximum Gasteiger partial charge on any atom is 0.419 e. The minimum atomic E-state index is -4.76. The Morgan fingerprint density at radius 2 is 1.63 bits per heavy atom. The van der Waals surface area contributed by atoms with Gasteiger partial charge in [-0.2, -0.15) is 13.2 Å². The molecule has 10 heteroatoms. The van der Waals surface area contributed by atoms with E-state index in [1.54, 1.807) is 13.0 Å². The molecule has 1 unspecified atom stereocenters. The smallest absolute Gasteiger partial charge is 0.419 e. The molecular weight excluding hydrogens is 410 g/mol. The topological polar surface area (TPSA) is 60.8 Å². The van der Waals surface area contributed by atoms with E-state index in [4.69, 9.17) is 37.4 Å². The van der Waals surface area contributed by atoms with Gasteiger partial charge in [-0.3, -0.25) is 0 Å². The van der Waals surface area contributed by atoms with Gasteiger partial charge in [-0.05, 0) is 18.6 Å². The molecule has 0 spiro atoms. The van der Waals surface area contributed by atoms with Gasteiger partial charge in [0.25, 0.3) is 0 Å². The number of hydrogen-bond acceptors (Lipinski definition) is 5. The predicted molar refractivity (Wildman–Crippen MR) is 94.2 cm³/mol. The second kappa shape index (κ2) is 8.00. The number of hydrogen-bond donors (Lipinski definition) is 1. The summed E-state index contributed by atoms with van der Waals surface area (Å²) in [6.45, 7) is 1.62. The van der Waals surface area contributed by atoms with Gasteiger partial charge in [-0.1, -0.05) is 23.2 Å². The van der Waals surface area contributed by atoms with Crippen LogP contribution in [0.2, 0.25) is 10.2 Å². The third-order valence-electron chi connectivity index (χ3n) is 3.93. The van der Waals surface area contributed by atoms with Crippen molar-refractivity contribution in [2.75, 3.05) is 21.3 Å². The van der Waals surface area contributed by atoms with E-state index in [2.05, 4.69) is 4.98 Å². The fourth-order valence-electron chi connectivity index (χ4n) is 2.70. The van der Waals surface area contributed by atoms with Gasteiger partial charge in [0.2, 0.25) is 5.75 Å². The van der Waals surface area contributed by atoms with Crippen molar-refractivity contribution < 1.29 is 32.5 Å². The summed E-state index contributed by atoms with van der Waals surface area (Å²) < 4.78 is 55.3. The molecule has 0 aliphatic heterocycles. The lowest BCUT2D eigenvalue weighted by atomic mass is 9.95. The first-order valence-corrected chi connectivity index (χ1v) is 8.22. The normalized spacial score (nSPS) is 12.7. The summed E-state index contributed by atoms with van der Waals surface area (Å²) in [6, 6.07) is 1.54. The molecule has 1 aromatic heterocycles. The van der Waals surface area contributed by atoms with Gasteiger partial charge < -0.3 is 19.3 Å². The minimum absolute atomic E-state index is 0.0754. The second-order valence-corrected chi connectivity index (χ2v) is 6.20.